The first kappa shape index (κ1) is 16.3. The summed E-state index contributed by atoms with van der Waals surface area (Å²) in [5.41, 5.74) is 6.82. The average molecular weight is 333 g/mol. The number of aromatic nitrogens is 2. The molecule has 130 valence electrons. The second-order valence-electron chi connectivity index (χ2n) is 7.17. The van der Waals surface area contributed by atoms with Gasteiger partial charge in [-0.25, -0.2) is 0 Å². The number of hydrogen-bond donors (Lipinski definition) is 1. The minimum absolute atomic E-state index is 0.601. The standard InChI is InChI=1S/C22H27N3/c1-3-10-25(11-4-2)18-12-17-15-24-21-8-7-19(20(13-18)22(17)21)16-6-5-9-23-14-16/h5-9,14-15,18,24H,3-4,10-13H2,1-2H3/t18-/m0/s1. The van der Waals surface area contributed by atoms with Crippen LogP contribution in [0.25, 0.3) is 22.0 Å². The Kier molecular flexibility index (Phi) is 4.58. The van der Waals surface area contributed by atoms with Crippen LogP contribution in [-0.2, 0) is 12.8 Å². The monoisotopic (exact) mass is 333 g/mol. The van der Waals surface area contributed by atoms with Crippen molar-refractivity contribution in [2.24, 2.45) is 0 Å². The molecular formula is C22H27N3. The van der Waals surface area contributed by atoms with Gasteiger partial charge >= 0.3 is 0 Å². The Morgan fingerprint density at radius 1 is 1.12 bits per heavy atom. The third-order valence-electron chi connectivity index (χ3n) is 5.44. The number of H-pyrrole nitrogens is 1. The predicted molar refractivity (Wildman–Crippen MR) is 105 cm³/mol. The van der Waals surface area contributed by atoms with Gasteiger partial charge in [0.2, 0.25) is 0 Å². The van der Waals surface area contributed by atoms with Gasteiger partial charge in [-0.3, -0.25) is 9.88 Å². The van der Waals surface area contributed by atoms with Gasteiger partial charge in [0.15, 0.2) is 0 Å². The fraction of sp³-hybridized carbons (Fsp3) is 0.409. The molecule has 0 aliphatic heterocycles. The molecule has 0 radical (unpaired) electrons. The molecule has 0 amide bonds. The van der Waals surface area contributed by atoms with Crippen LogP contribution in [0.2, 0.25) is 0 Å². The molecule has 2 aromatic heterocycles. The highest BCUT2D eigenvalue weighted by atomic mass is 15.1. The normalized spacial score (nSPS) is 16.7. The summed E-state index contributed by atoms with van der Waals surface area (Å²) in [6.07, 6.45) is 10.8. The average Bonchev–Trinajstić information content (AvgIpc) is 3.07. The van der Waals surface area contributed by atoms with E-state index in [0.29, 0.717) is 6.04 Å². The van der Waals surface area contributed by atoms with Crippen molar-refractivity contribution in [2.75, 3.05) is 13.1 Å². The van der Waals surface area contributed by atoms with Gasteiger partial charge in [0.05, 0.1) is 0 Å². The van der Waals surface area contributed by atoms with Crippen molar-refractivity contribution in [3.8, 4) is 11.1 Å². The maximum Gasteiger partial charge on any atom is 0.0460 e. The van der Waals surface area contributed by atoms with E-state index >= 15 is 0 Å². The zero-order chi connectivity index (χ0) is 17.2. The summed E-state index contributed by atoms with van der Waals surface area (Å²) in [7, 11) is 0. The van der Waals surface area contributed by atoms with E-state index in [4.69, 9.17) is 0 Å². The second kappa shape index (κ2) is 7.01. The van der Waals surface area contributed by atoms with E-state index in [2.05, 4.69) is 53.1 Å². The zero-order valence-corrected chi connectivity index (χ0v) is 15.3. The molecule has 3 aromatic rings. The van der Waals surface area contributed by atoms with E-state index in [9.17, 15) is 0 Å². The van der Waals surface area contributed by atoms with E-state index in [1.807, 2.05) is 18.5 Å². The van der Waals surface area contributed by atoms with Crippen LogP contribution in [0.3, 0.4) is 0 Å². The van der Waals surface area contributed by atoms with E-state index in [0.717, 1.165) is 12.8 Å². The van der Waals surface area contributed by atoms with Crippen LogP contribution >= 0.6 is 0 Å². The number of hydrogen-bond acceptors (Lipinski definition) is 2. The van der Waals surface area contributed by atoms with Gasteiger partial charge in [0.25, 0.3) is 0 Å². The van der Waals surface area contributed by atoms with Gasteiger partial charge in [0, 0.05) is 41.1 Å². The highest BCUT2D eigenvalue weighted by molar-refractivity contribution is 5.93. The van der Waals surface area contributed by atoms with Gasteiger partial charge < -0.3 is 4.98 Å². The molecule has 3 nitrogen and oxygen atoms in total. The largest absolute Gasteiger partial charge is 0.361 e. The molecule has 2 heterocycles. The Bertz CT molecular complexity index is 844. The number of benzene rings is 1. The molecule has 3 heteroatoms. The van der Waals surface area contributed by atoms with Gasteiger partial charge in [-0.05, 0) is 67.6 Å². The number of pyridine rings is 1. The SMILES string of the molecule is CCCN(CCC)[C@H]1Cc2c[nH]c3ccc(-c4cccnc4)c(c23)C1. The third kappa shape index (κ3) is 2.98. The van der Waals surface area contributed by atoms with Crippen LogP contribution < -0.4 is 0 Å². The number of nitrogens with zero attached hydrogens (tertiary/aromatic N) is 2. The molecule has 4 rings (SSSR count). The zero-order valence-electron chi connectivity index (χ0n) is 15.3. The Morgan fingerprint density at radius 2 is 1.96 bits per heavy atom. The van der Waals surface area contributed by atoms with E-state index in [-0.39, 0.29) is 0 Å². The topological polar surface area (TPSA) is 31.9 Å². The fourth-order valence-corrected chi connectivity index (χ4v) is 4.41. The summed E-state index contributed by atoms with van der Waals surface area (Å²) >= 11 is 0. The van der Waals surface area contributed by atoms with Crippen LogP contribution in [-0.4, -0.2) is 34.0 Å². The molecule has 0 saturated carbocycles. The molecule has 0 saturated heterocycles. The predicted octanol–water partition coefficient (Wildman–Crippen LogP) is 4.82. The van der Waals surface area contributed by atoms with E-state index < -0.39 is 0 Å². The van der Waals surface area contributed by atoms with Crippen LogP contribution in [0.15, 0.2) is 42.9 Å². The first-order valence-corrected chi connectivity index (χ1v) is 9.58. The molecule has 0 fully saturated rings. The summed E-state index contributed by atoms with van der Waals surface area (Å²) < 4.78 is 0. The van der Waals surface area contributed by atoms with Crippen molar-refractivity contribution in [2.45, 2.75) is 45.6 Å². The highest BCUT2D eigenvalue weighted by Crippen LogP contribution is 2.37. The number of nitrogens with one attached hydrogen (secondary N) is 1. The molecule has 1 aromatic carbocycles. The van der Waals surface area contributed by atoms with E-state index in [1.165, 1.54) is 59.1 Å². The van der Waals surface area contributed by atoms with Crippen molar-refractivity contribution in [3.05, 3.63) is 54.0 Å². The van der Waals surface area contributed by atoms with Crippen LogP contribution in [0, 0.1) is 0 Å². The maximum absolute atomic E-state index is 4.34. The first-order valence-electron chi connectivity index (χ1n) is 9.58. The molecule has 1 N–H and O–H groups in total. The molecule has 0 spiro atoms. The minimum atomic E-state index is 0.601. The summed E-state index contributed by atoms with van der Waals surface area (Å²) in [5, 5.41) is 1.45. The maximum atomic E-state index is 4.34. The molecule has 0 bridgehead atoms. The van der Waals surface area contributed by atoms with Crippen molar-refractivity contribution in [3.63, 3.8) is 0 Å². The van der Waals surface area contributed by atoms with E-state index in [1.54, 1.807) is 0 Å². The van der Waals surface area contributed by atoms with Gasteiger partial charge in [-0.2, -0.15) is 0 Å². The molecule has 1 aliphatic rings. The molecule has 25 heavy (non-hydrogen) atoms. The molecule has 1 atom stereocenters. The summed E-state index contributed by atoms with van der Waals surface area (Å²) in [5.74, 6) is 0. The van der Waals surface area contributed by atoms with Crippen LogP contribution in [0.4, 0.5) is 0 Å². The minimum Gasteiger partial charge on any atom is -0.361 e. The lowest BCUT2D eigenvalue weighted by Gasteiger charge is -2.35. The summed E-state index contributed by atoms with van der Waals surface area (Å²) in [6.45, 7) is 6.96. The van der Waals surface area contributed by atoms with Crippen molar-refractivity contribution >= 4 is 10.9 Å². The number of aromatic amines is 1. The van der Waals surface area contributed by atoms with Gasteiger partial charge in [-0.1, -0.05) is 26.0 Å². The Labute approximate surface area is 150 Å². The van der Waals surface area contributed by atoms with Gasteiger partial charge in [-0.15, -0.1) is 0 Å². The highest BCUT2D eigenvalue weighted by Gasteiger charge is 2.27. The number of rotatable bonds is 6. The third-order valence-corrected chi connectivity index (χ3v) is 5.44. The lowest BCUT2D eigenvalue weighted by Crippen LogP contribution is -2.41. The van der Waals surface area contributed by atoms with Crippen molar-refractivity contribution in [1.29, 1.82) is 0 Å². The van der Waals surface area contributed by atoms with Crippen LogP contribution in [0.5, 0.6) is 0 Å². The summed E-state index contributed by atoms with van der Waals surface area (Å²) in [4.78, 5) is 10.5. The van der Waals surface area contributed by atoms with Crippen molar-refractivity contribution in [1.82, 2.24) is 14.9 Å². The Balaban J connectivity index is 1.79. The van der Waals surface area contributed by atoms with Crippen LogP contribution in [0.1, 0.15) is 37.8 Å². The Hall–Kier alpha value is -2.13. The van der Waals surface area contributed by atoms with Gasteiger partial charge in [0.1, 0.15) is 0 Å². The summed E-state index contributed by atoms with van der Waals surface area (Å²) in [6, 6.07) is 9.30. The molecular weight excluding hydrogens is 306 g/mol. The van der Waals surface area contributed by atoms with Crippen molar-refractivity contribution < 1.29 is 0 Å². The molecule has 1 aliphatic carbocycles. The first-order chi connectivity index (χ1) is 12.3. The quantitative estimate of drug-likeness (QED) is 0.701. The Morgan fingerprint density at radius 3 is 2.68 bits per heavy atom. The lowest BCUT2D eigenvalue weighted by atomic mass is 9.84. The fourth-order valence-electron chi connectivity index (χ4n) is 4.41. The lowest BCUT2D eigenvalue weighted by molar-refractivity contribution is 0.192. The smallest absolute Gasteiger partial charge is 0.0460 e. The molecule has 0 unspecified atom stereocenters. The second-order valence-corrected chi connectivity index (χ2v) is 7.17.